The van der Waals surface area contributed by atoms with Crippen LogP contribution < -0.4 is 0 Å². The van der Waals surface area contributed by atoms with Gasteiger partial charge in [-0.05, 0) is 26.8 Å². The molecule has 1 spiro atoms. The van der Waals surface area contributed by atoms with E-state index in [1.54, 1.807) is 19.9 Å². The van der Waals surface area contributed by atoms with Gasteiger partial charge in [-0.3, -0.25) is 9.59 Å². The molecule has 0 saturated carbocycles. The quantitative estimate of drug-likeness (QED) is 0.269. The summed E-state index contributed by atoms with van der Waals surface area (Å²) in [6, 6.07) is 0. The highest BCUT2D eigenvalue weighted by molar-refractivity contribution is 5.85. The summed E-state index contributed by atoms with van der Waals surface area (Å²) in [6.45, 7) is 9.37. The van der Waals surface area contributed by atoms with Crippen LogP contribution in [0.15, 0.2) is 23.3 Å². The monoisotopic (exact) mass is 464 g/mol. The van der Waals surface area contributed by atoms with Crippen LogP contribution in [0, 0.1) is 11.3 Å². The van der Waals surface area contributed by atoms with Crippen LogP contribution in [0.5, 0.6) is 0 Å². The van der Waals surface area contributed by atoms with Crippen LogP contribution in [-0.2, 0) is 33.3 Å². The van der Waals surface area contributed by atoms with E-state index in [0.29, 0.717) is 12.0 Å². The van der Waals surface area contributed by atoms with Crippen LogP contribution in [0.25, 0.3) is 0 Å². The molecule has 9 nitrogen and oxygen atoms in total. The van der Waals surface area contributed by atoms with Crippen molar-refractivity contribution in [2.24, 2.45) is 11.3 Å². The number of ether oxygens (including phenoxy) is 4. The molecule has 0 bridgehead atoms. The number of esters is 3. The van der Waals surface area contributed by atoms with E-state index in [1.165, 1.54) is 20.8 Å². The zero-order valence-corrected chi connectivity index (χ0v) is 19.8. The summed E-state index contributed by atoms with van der Waals surface area (Å²) in [5.41, 5.74) is -2.85. The van der Waals surface area contributed by atoms with Crippen LogP contribution in [0.4, 0.5) is 0 Å². The van der Waals surface area contributed by atoms with Crippen molar-refractivity contribution in [3.8, 4) is 0 Å². The van der Waals surface area contributed by atoms with Gasteiger partial charge in [0.2, 0.25) is 0 Å². The Morgan fingerprint density at radius 2 is 1.79 bits per heavy atom. The number of aliphatic hydroxyl groups is 2. The summed E-state index contributed by atoms with van der Waals surface area (Å²) in [5.74, 6) is -2.40. The van der Waals surface area contributed by atoms with Crippen molar-refractivity contribution in [3.05, 3.63) is 23.3 Å². The minimum absolute atomic E-state index is 0.162. The molecule has 182 valence electrons. The molecule has 0 aromatic heterocycles. The third-order valence-corrected chi connectivity index (χ3v) is 7.89. The average Bonchev–Trinajstić information content (AvgIpc) is 3.40. The first-order chi connectivity index (χ1) is 15.3. The van der Waals surface area contributed by atoms with Gasteiger partial charge in [-0.1, -0.05) is 24.1 Å². The number of carbonyl (C=O) groups is 3. The van der Waals surface area contributed by atoms with E-state index in [-0.39, 0.29) is 6.42 Å². The molecule has 2 aliphatic heterocycles. The molecule has 33 heavy (non-hydrogen) atoms. The van der Waals surface area contributed by atoms with Gasteiger partial charge in [-0.15, -0.1) is 0 Å². The first-order valence-electron chi connectivity index (χ1n) is 11.2. The zero-order chi connectivity index (χ0) is 24.5. The fourth-order valence-electron chi connectivity index (χ4n) is 6.18. The lowest BCUT2D eigenvalue weighted by molar-refractivity contribution is -0.186. The number of rotatable bonds is 2. The maximum Gasteiger partial charge on any atom is 0.341 e. The minimum Gasteiger partial charge on any atom is -0.462 e. The molecule has 0 aromatic carbocycles. The van der Waals surface area contributed by atoms with Crippen molar-refractivity contribution in [3.63, 3.8) is 0 Å². The lowest BCUT2D eigenvalue weighted by atomic mass is 9.57. The van der Waals surface area contributed by atoms with Crippen LogP contribution in [0.1, 0.15) is 54.4 Å². The standard InChI is InChI=1S/C24H32O9/c1-11-9-15(30-13(3)25)19(27)22(5)16(31-14(4)26)8-7-12(2)18(22)20-24(33-20)17(10-11)32-21(28)23(24,6)29/h7,10,15-20,27,29H,8-9H2,1-6H3/b11-10-/t15-,16-,17-,18+,19-,20+,22+,23-,24+/m0/s1. The summed E-state index contributed by atoms with van der Waals surface area (Å²) in [4.78, 5) is 36.5. The topological polar surface area (TPSA) is 132 Å². The fourth-order valence-corrected chi connectivity index (χ4v) is 6.18. The zero-order valence-electron chi connectivity index (χ0n) is 19.8. The maximum absolute atomic E-state index is 12.6. The number of epoxide rings is 1. The molecular weight excluding hydrogens is 432 g/mol. The average molecular weight is 465 g/mol. The van der Waals surface area contributed by atoms with Gasteiger partial charge in [0.15, 0.2) is 17.3 Å². The third kappa shape index (κ3) is 3.35. The SMILES string of the molecule is CC(=O)O[C@H]1C/C(C)=C\[C@@H]2OC(=O)[C@](C)(O)[C@@]23O[C@@H]3[C@H]2C(C)=CC[C@H](OC(C)=O)[C@@]2(C)[C@H]1O. The Kier molecular flexibility index (Phi) is 5.54. The normalized spacial score (nSPS) is 48.1. The van der Waals surface area contributed by atoms with Gasteiger partial charge >= 0.3 is 17.9 Å². The molecule has 2 heterocycles. The number of fused-ring (bicyclic) bond motifs is 2. The summed E-state index contributed by atoms with van der Waals surface area (Å²) in [5, 5.41) is 22.9. The number of carbonyl (C=O) groups excluding carboxylic acids is 3. The van der Waals surface area contributed by atoms with E-state index in [9.17, 15) is 24.6 Å². The van der Waals surface area contributed by atoms with Crippen LogP contribution in [0.3, 0.4) is 0 Å². The predicted molar refractivity (Wildman–Crippen MR) is 114 cm³/mol. The Balaban J connectivity index is 1.91. The maximum atomic E-state index is 12.6. The minimum atomic E-state index is -1.91. The number of aliphatic hydroxyl groups excluding tert-OH is 1. The van der Waals surface area contributed by atoms with Crippen molar-refractivity contribution >= 4 is 17.9 Å². The fraction of sp³-hybridized carbons (Fsp3) is 0.708. The largest absolute Gasteiger partial charge is 0.462 e. The molecule has 2 aliphatic carbocycles. The molecule has 2 fully saturated rings. The van der Waals surface area contributed by atoms with Gasteiger partial charge in [-0.25, -0.2) is 4.79 Å². The van der Waals surface area contributed by atoms with Gasteiger partial charge in [0.1, 0.15) is 24.4 Å². The van der Waals surface area contributed by atoms with Crippen molar-refractivity contribution in [1.82, 2.24) is 0 Å². The van der Waals surface area contributed by atoms with Crippen molar-refractivity contribution in [2.45, 2.75) is 96.1 Å². The van der Waals surface area contributed by atoms with Gasteiger partial charge in [0.05, 0.1) is 0 Å². The van der Waals surface area contributed by atoms with Gasteiger partial charge in [-0.2, -0.15) is 0 Å². The molecule has 0 aromatic rings. The summed E-state index contributed by atoms with van der Waals surface area (Å²) in [6.07, 6.45) is -0.358. The second-order valence-electron chi connectivity index (χ2n) is 10.2. The highest BCUT2D eigenvalue weighted by atomic mass is 16.7. The smallest absolute Gasteiger partial charge is 0.341 e. The molecule has 9 heteroatoms. The Morgan fingerprint density at radius 1 is 1.15 bits per heavy atom. The van der Waals surface area contributed by atoms with Crippen LogP contribution in [-0.4, -0.2) is 69.8 Å². The summed E-state index contributed by atoms with van der Waals surface area (Å²) in [7, 11) is 0. The van der Waals surface area contributed by atoms with E-state index in [1.807, 2.05) is 13.0 Å². The second-order valence-corrected chi connectivity index (χ2v) is 10.2. The summed E-state index contributed by atoms with van der Waals surface area (Å²) >= 11 is 0. The third-order valence-electron chi connectivity index (χ3n) is 7.89. The Morgan fingerprint density at radius 3 is 2.39 bits per heavy atom. The Labute approximate surface area is 192 Å². The van der Waals surface area contributed by atoms with Crippen LogP contribution >= 0.6 is 0 Å². The van der Waals surface area contributed by atoms with E-state index in [2.05, 4.69) is 0 Å². The highest BCUT2D eigenvalue weighted by Gasteiger charge is 2.82. The van der Waals surface area contributed by atoms with Crippen molar-refractivity contribution in [1.29, 1.82) is 0 Å². The van der Waals surface area contributed by atoms with Gasteiger partial charge in [0, 0.05) is 38.0 Å². The van der Waals surface area contributed by atoms with Gasteiger partial charge in [0.25, 0.3) is 0 Å². The highest BCUT2D eigenvalue weighted by Crippen LogP contribution is 2.63. The second kappa shape index (κ2) is 7.65. The van der Waals surface area contributed by atoms with E-state index >= 15 is 0 Å². The van der Waals surface area contributed by atoms with E-state index in [0.717, 1.165) is 5.57 Å². The molecule has 4 rings (SSSR count). The molecule has 0 radical (unpaired) electrons. The Bertz CT molecular complexity index is 950. The number of hydrogen-bond acceptors (Lipinski definition) is 9. The van der Waals surface area contributed by atoms with E-state index in [4.69, 9.17) is 18.9 Å². The molecule has 2 saturated heterocycles. The van der Waals surface area contributed by atoms with Crippen molar-refractivity contribution in [2.75, 3.05) is 0 Å². The number of hydrogen-bond donors (Lipinski definition) is 2. The first kappa shape index (κ1) is 23.9. The molecular formula is C24H32O9. The molecule has 2 N–H and O–H groups in total. The Hall–Kier alpha value is -2.23. The lowest BCUT2D eigenvalue weighted by Gasteiger charge is -2.50. The molecule has 0 unspecified atom stereocenters. The van der Waals surface area contributed by atoms with Crippen molar-refractivity contribution < 1.29 is 43.5 Å². The van der Waals surface area contributed by atoms with E-state index < -0.39 is 71.0 Å². The molecule has 9 atom stereocenters. The predicted octanol–water partition coefficient (Wildman–Crippen LogP) is 1.35. The molecule has 0 amide bonds. The van der Waals surface area contributed by atoms with Gasteiger partial charge < -0.3 is 29.2 Å². The lowest BCUT2D eigenvalue weighted by Crippen LogP contribution is -2.60. The first-order valence-corrected chi connectivity index (χ1v) is 11.2. The summed E-state index contributed by atoms with van der Waals surface area (Å²) < 4.78 is 22.9. The van der Waals surface area contributed by atoms with Crippen LogP contribution in [0.2, 0.25) is 0 Å². The molecule has 4 aliphatic rings.